The summed E-state index contributed by atoms with van der Waals surface area (Å²) in [5.74, 6) is 0.971. The van der Waals surface area contributed by atoms with E-state index in [1.54, 1.807) is 24.9 Å². The molecule has 1 aromatic heterocycles. The number of thioether (sulfide) groups is 1. The Morgan fingerprint density at radius 1 is 1.38 bits per heavy atom. The molecule has 0 spiro atoms. The van der Waals surface area contributed by atoms with Crippen molar-refractivity contribution in [2.45, 2.75) is 18.4 Å². The summed E-state index contributed by atoms with van der Waals surface area (Å²) in [5, 5.41) is 11.2. The molecule has 0 radical (unpaired) electrons. The van der Waals surface area contributed by atoms with E-state index in [0.29, 0.717) is 6.42 Å². The molecule has 82 valence electrons. The minimum atomic E-state index is 0.209. The van der Waals surface area contributed by atoms with Crippen LogP contribution < -0.4 is 0 Å². The predicted molar refractivity (Wildman–Crippen MR) is 65.6 cm³/mol. The Hall–Kier alpha value is -1.42. The van der Waals surface area contributed by atoms with Gasteiger partial charge in [-0.2, -0.15) is 5.10 Å². The molecule has 0 aliphatic heterocycles. The van der Waals surface area contributed by atoms with Crippen LogP contribution in [0.25, 0.3) is 10.8 Å². The second kappa shape index (κ2) is 5.07. The fourth-order valence-corrected chi connectivity index (χ4v) is 2.43. The Morgan fingerprint density at radius 2 is 2.19 bits per heavy atom. The van der Waals surface area contributed by atoms with E-state index in [9.17, 15) is 4.79 Å². The third kappa shape index (κ3) is 2.58. The number of fused-ring (bicyclic) bond motifs is 1. The number of hydrogen-bond acceptors (Lipinski definition) is 4. The highest BCUT2D eigenvalue weighted by molar-refractivity contribution is 7.99. The van der Waals surface area contributed by atoms with Crippen molar-refractivity contribution in [1.29, 1.82) is 0 Å². The first-order valence-electron chi connectivity index (χ1n) is 5.10. The Labute approximate surface area is 98.3 Å². The van der Waals surface area contributed by atoms with Gasteiger partial charge in [0.15, 0.2) is 0 Å². The van der Waals surface area contributed by atoms with E-state index in [-0.39, 0.29) is 5.78 Å². The van der Waals surface area contributed by atoms with Gasteiger partial charge < -0.3 is 0 Å². The van der Waals surface area contributed by atoms with E-state index in [1.807, 2.05) is 24.3 Å². The highest BCUT2D eigenvalue weighted by Crippen LogP contribution is 2.24. The molecule has 0 aliphatic rings. The Kier molecular flexibility index (Phi) is 3.51. The lowest BCUT2D eigenvalue weighted by atomic mass is 10.2. The van der Waals surface area contributed by atoms with Crippen LogP contribution in [0.1, 0.15) is 13.3 Å². The minimum Gasteiger partial charge on any atom is -0.300 e. The first-order valence-corrected chi connectivity index (χ1v) is 6.08. The second-order valence-electron chi connectivity index (χ2n) is 3.54. The fourth-order valence-electron chi connectivity index (χ4n) is 1.40. The lowest BCUT2D eigenvalue weighted by Gasteiger charge is -2.02. The maximum Gasteiger partial charge on any atom is 0.130 e. The summed E-state index contributed by atoms with van der Waals surface area (Å²) < 4.78 is 0. The Morgan fingerprint density at radius 3 is 3.00 bits per heavy atom. The smallest absolute Gasteiger partial charge is 0.130 e. The second-order valence-corrected chi connectivity index (χ2v) is 4.62. The van der Waals surface area contributed by atoms with Crippen LogP contribution >= 0.6 is 11.8 Å². The standard InChI is InChI=1S/C12H12N2OS/c1-9(15)6-7-16-12-11-5-3-2-4-10(11)8-13-14-12/h2-5,8H,6-7H2,1H3. The molecule has 0 bridgehead atoms. The molecule has 0 unspecified atom stereocenters. The number of benzene rings is 1. The zero-order valence-electron chi connectivity index (χ0n) is 9.01. The summed E-state index contributed by atoms with van der Waals surface area (Å²) >= 11 is 1.58. The van der Waals surface area contributed by atoms with Gasteiger partial charge in [-0.3, -0.25) is 4.79 Å². The van der Waals surface area contributed by atoms with E-state index < -0.39 is 0 Å². The van der Waals surface area contributed by atoms with Crippen molar-refractivity contribution in [2.24, 2.45) is 0 Å². The Balaban J connectivity index is 2.20. The zero-order valence-corrected chi connectivity index (χ0v) is 9.83. The molecule has 4 heteroatoms. The zero-order chi connectivity index (χ0) is 11.4. The van der Waals surface area contributed by atoms with Gasteiger partial charge in [0.2, 0.25) is 0 Å². The van der Waals surface area contributed by atoms with Crippen molar-refractivity contribution >= 4 is 28.3 Å². The first-order chi connectivity index (χ1) is 7.77. The van der Waals surface area contributed by atoms with Gasteiger partial charge in [-0.25, -0.2) is 0 Å². The topological polar surface area (TPSA) is 42.9 Å². The van der Waals surface area contributed by atoms with Crippen LogP contribution in [0.4, 0.5) is 0 Å². The van der Waals surface area contributed by atoms with Crippen LogP contribution in [0, 0.1) is 0 Å². The van der Waals surface area contributed by atoms with Crippen molar-refractivity contribution in [2.75, 3.05) is 5.75 Å². The van der Waals surface area contributed by atoms with Gasteiger partial charge in [0, 0.05) is 22.9 Å². The van der Waals surface area contributed by atoms with Crippen LogP contribution in [0.15, 0.2) is 35.5 Å². The van der Waals surface area contributed by atoms with Gasteiger partial charge >= 0.3 is 0 Å². The molecule has 2 aromatic rings. The number of nitrogens with zero attached hydrogens (tertiary/aromatic N) is 2. The van der Waals surface area contributed by atoms with Crippen LogP contribution in [-0.2, 0) is 4.79 Å². The lowest BCUT2D eigenvalue weighted by molar-refractivity contribution is -0.116. The number of hydrogen-bond donors (Lipinski definition) is 0. The van der Waals surface area contributed by atoms with Gasteiger partial charge in [0.25, 0.3) is 0 Å². The van der Waals surface area contributed by atoms with E-state index in [4.69, 9.17) is 0 Å². The molecular weight excluding hydrogens is 220 g/mol. The molecule has 0 saturated heterocycles. The molecule has 2 rings (SSSR count). The van der Waals surface area contributed by atoms with Crippen molar-refractivity contribution in [3.63, 3.8) is 0 Å². The van der Waals surface area contributed by atoms with E-state index >= 15 is 0 Å². The summed E-state index contributed by atoms with van der Waals surface area (Å²) in [5.41, 5.74) is 0. The molecule has 0 fully saturated rings. The molecule has 1 aromatic carbocycles. The number of ketones is 1. The summed E-state index contributed by atoms with van der Waals surface area (Å²) in [6.45, 7) is 1.61. The number of carbonyl (C=O) groups is 1. The van der Waals surface area contributed by atoms with Crippen LogP contribution in [0.2, 0.25) is 0 Å². The minimum absolute atomic E-state index is 0.209. The van der Waals surface area contributed by atoms with Gasteiger partial charge in [-0.15, -0.1) is 16.9 Å². The number of Topliss-reactive ketones (excluding diaryl/α,β-unsaturated/α-hetero) is 1. The van der Waals surface area contributed by atoms with Crippen molar-refractivity contribution in [1.82, 2.24) is 10.2 Å². The predicted octanol–water partition coefficient (Wildman–Crippen LogP) is 2.70. The number of rotatable bonds is 4. The average molecular weight is 232 g/mol. The number of carbonyl (C=O) groups excluding carboxylic acids is 1. The van der Waals surface area contributed by atoms with Crippen LogP contribution in [-0.4, -0.2) is 21.7 Å². The molecular formula is C12H12N2OS. The molecule has 0 amide bonds. The van der Waals surface area contributed by atoms with E-state index in [1.165, 1.54) is 0 Å². The monoisotopic (exact) mass is 232 g/mol. The molecule has 0 N–H and O–H groups in total. The van der Waals surface area contributed by atoms with Crippen molar-refractivity contribution in [3.05, 3.63) is 30.5 Å². The third-order valence-electron chi connectivity index (χ3n) is 2.23. The lowest BCUT2D eigenvalue weighted by Crippen LogP contribution is -1.93. The molecule has 0 saturated carbocycles. The molecule has 16 heavy (non-hydrogen) atoms. The van der Waals surface area contributed by atoms with Gasteiger partial charge in [-0.1, -0.05) is 24.3 Å². The summed E-state index contributed by atoms with van der Waals surface area (Å²) in [6.07, 6.45) is 2.33. The molecule has 0 atom stereocenters. The summed E-state index contributed by atoms with van der Waals surface area (Å²) in [6, 6.07) is 8.01. The summed E-state index contributed by atoms with van der Waals surface area (Å²) in [7, 11) is 0. The molecule has 3 nitrogen and oxygen atoms in total. The third-order valence-corrected chi connectivity index (χ3v) is 3.21. The van der Waals surface area contributed by atoms with Crippen LogP contribution in [0.5, 0.6) is 0 Å². The van der Waals surface area contributed by atoms with E-state index in [0.717, 1.165) is 21.6 Å². The van der Waals surface area contributed by atoms with Crippen LogP contribution in [0.3, 0.4) is 0 Å². The highest BCUT2D eigenvalue weighted by atomic mass is 32.2. The first kappa shape index (κ1) is 11.1. The number of aromatic nitrogens is 2. The largest absolute Gasteiger partial charge is 0.300 e. The van der Waals surface area contributed by atoms with Crippen molar-refractivity contribution < 1.29 is 4.79 Å². The van der Waals surface area contributed by atoms with Gasteiger partial charge in [0.05, 0.1) is 6.20 Å². The van der Waals surface area contributed by atoms with Gasteiger partial charge in [0.1, 0.15) is 10.8 Å². The Bertz CT molecular complexity index is 508. The maximum atomic E-state index is 10.8. The normalized spacial score (nSPS) is 10.6. The van der Waals surface area contributed by atoms with E-state index in [2.05, 4.69) is 10.2 Å². The summed E-state index contributed by atoms with van der Waals surface area (Å²) in [4.78, 5) is 10.8. The maximum absolute atomic E-state index is 10.8. The average Bonchev–Trinajstić information content (AvgIpc) is 2.29. The fraction of sp³-hybridized carbons (Fsp3) is 0.250. The SMILES string of the molecule is CC(=O)CCSc1nncc2ccccc12. The quantitative estimate of drug-likeness (QED) is 0.760. The van der Waals surface area contributed by atoms with Gasteiger partial charge in [-0.05, 0) is 6.92 Å². The molecule has 1 heterocycles. The molecule has 0 aliphatic carbocycles. The highest BCUT2D eigenvalue weighted by Gasteiger charge is 2.03. The van der Waals surface area contributed by atoms with Crippen molar-refractivity contribution in [3.8, 4) is 0 Å².